The van der Waals surface area contributed by atoms with Crippen LogP contribution < -0.4 is 0 Å². The Balaban J connectivity index is 2.04. The number of H-pyrrole nitrogens is 1. The lowest BCUT2D eigenvalue weighted by Crippen LogP contribution is -1.95. The van der Waals surface area contributed by atoms with Gasteiger partial charge in [0, 0.05) is 11.7 Å². The van der Waals surface area contributed by atoms with E-state index in [0.29, 0.717) is 0 Å². The summed E-state index contributed by atoms with van der Waals surface area (Å²) in [6.07, 6.45) is 4.29. The van der Waals surface area contributed by atoms with Crippen molar-refractivity contribution in [2.45, 2.75) is 13.0 Å². The molecule has 0 unspecified atom stereocenters. The summed E-state index contributed by atoms with van der Waals surface area (Å²) in [6, 6.07) is 8.50. The minimum absolute atomic E-state index is 0.143. The molecule has 0 radical (unpaired) electrons. The number of nitrogens with one attached hydrogen (secondary N) is 1. The third-order valence-corrected chi connectivity index (χ3v) is 2.83. The van der Waals surface area contributed by atoms with Gasteiger partial charge in [0.15, 0.2) is 0 Å². The van der Waals surface area contributed by atoms with Crippen molar-refractivity contribution in [3.05, 3.63) is 47.7 Å². The number of rotatable bonds is 1. The highest BCUT2D eigenvalue weighted by molar-refractivity contribution is 5.80. The lowest BCUT2D eigenvalue weighted by molar-refractivity contribution is 0.126. The van der Waals surface area contributed by atoms with Crippen molar-refractivity contribution in [1.29, 1.82) is 0 Å². The van der Waals surface area contributed by atoms with E-state index < -0.39 is 0 Å². The summed E-state index contributed by atoms with van der Waals surface area (Å²) in [5, 5.41) is 1.24. The highest BCUT2D eigenvalue weighted by Gasteiger charge is 2.15. The van der Waals surface area contributed by atoms with Crippen molar-refractivity contribution in [2.24, 2.45) is 0 Å². The molecule has 1 aliphatic rings. The van der Waals surface area contributed by atoms with Gasteiger partial charge in [0.25, 0.3) is 0 Å². The number of hydrogen-bond donors (Lipinski definition) is 1. The number of aromatic amines is 1. The smallest absolute Gasteiger partial charge is 0.101 e. The fraction of sp³-hybridized carbons (Fsp3) is 0.231. The largest absolute Gasteiger partial charge is 0.365 e. The van der Waals surface area contributed by atoms with Gasteiger partial charge in [-0.2, -0.15) is 0 Å². The number of benzene rings is 1. The average Bonchev–Trinajstić information content (AvgIpc) is 2.84. The van der Waals surface area contributed by atoms with E-state index in [2.05, 4.69) is 42.2 Å². The topological polar surface area (TPSA) is 25.0 Å². The first-order valence-electron chi connectivity index (χ1n) is 5.19. The summed E-state index contributed by atoms with van der Waals surface area (Å²) in [5.74, 6) is 0. The molecular formula is C13H13NO. The first kappa shape index (κ1) is 8.74. The second-order valence-electron chi connectivity index (χ2n) is 4.07. The molecule has 1 aromatic carbocycles. The van der Waals surface area contributed by atoms with Crippen molar-refractivity contribution in [3.8, 4) is 0 Å². The molecule has 0 saturated heterocycles. The van der Waals surface area contributed by atoms with E-state index in [0.717, 1.165) is 6.61 Å². The maximum atomic E-state index is 5.67. The van der Waals surface area contributed by atoms with Gasteiger partial charge < -0.3 is 9.72 Å². The molecule has 2 nitrogen and oxygen atoms in total. The lowest BCUT2D eigenvalue weighted by Gasteiger charge is -2.08. The summed E-state index contributed by atoms with van der Waals surface area (Å²) < 4.78 is 5.67. The van der Waals surface area contributed by atoms with Crippen LogP contribution >= 0.6 is 0 Å². The highest BCUT2D eigenvalue weighted by atomic mass is 16.5. The van der Waals surface area contributed by atoms with E-state index in [9.17, 15) is 0 Å². The molecule has 2 heteroatoms. The van der Waals surface area contributed by atoms with E-state index >= 15 is 0 Å². The molecule has 1 aliphatic heterocycles. The zero-order chi connectivity index (χ0) is 10.3. The summed E-state index contributed by atoms with van der Waals surface area (Å²) in [7, 11) is 0. The predicted molar refractivity (Wildman–Crippen MR) is 60.7 cm³/mol. The molecule has 1 atom stereocenters. The van der Waals surface area contributed by atoms with E-state index in [-0.39, 0.29) is 6.10 Å². The average molecular weight is 199 g/mol. The van der Waals surface area contributed by atoms with Crippen LogP contribution in [0.15, 0.2) is 42.1 Å². The van der Waals surface area contributed by atoms with E-state index in [1.807, 2.05) is 6.20 Å². The van der Waals surface area contributed by atoms with Gasteiger partial charge in [-0.15, -0.1) is 0 Å². The number of aromatic nitrogens is 1. The highest BCUT2D eigenvalue weighted by Crippen LogP contribution is 2.28. The van der Waals surface area contributed by atoms with Gasteiger partial charge in [0.05, 0.1) is 6.61 Å². The van der Waals surface area contributed by atoms with Crippen LogP contribution in [0.5, 0.6) is 0 Å². The van der Waals surface area contributed by atoms with Crippen LogP contribution in [0.25, 0.3) is 10.9 Å². The van der Waals surface area contributed by atoms with Crippen LogP contribution in [0, 0.1) is 0 Å². The van der Waals surface area contributed by atoms with Crippen LogP contribution in [0.4, 0.5) is 0 Å². The van der Waals surface area contributed by atoms with Crippen molar-refractivity contribution in [3.63, 3.8) is 0 Å². The molecule has 2 aromatic rings. The van der Waals surface area contributed by atoms with Crippen LogP contribution in [-0.2, 0) is 4.74 Å². The molecule has 1 N–H and O–H groups in total. The molecule has 0 saturated carbocycles. The summed E-state index contributed by atoms with van der Waals surface area (Å²) >= 11 is 0. The van der Waals surface area contributed by atoms with Crippen LogP contribution in [0.3, 0.4) is 0 Å². The third kappa shape index (κ3) is 1.47. The molecule has 1 aromatic heterocycles. The van der Waals surface area contributed by atoms with Crippen LogP contribution in [-0.4, -0.2) is 11.6 Å². The molecule has 15 heavy (non-hydrogen) atoms. The summed E-state index contributed by atoms with van der Waals surface area (Å²) in [4.78, 5) is 3.19. The Hall–Kier alpha value is -1.54. The van der Waals surface area contributed by atoms with Crippen molar-refractivity contribution >= 4 is 10.9 Å². The number of hydrogen-bond acceptors (Lipinski definition) is 1. The molecule has 0 fully saturated rings. The zero-order valence-electron chi connectivity index (χ0n) is 8.66. The molecule has 76 valence electrons. The van der Waals surface area contributed by atoms with Gasteiger partial charge in [0.1, 0.15) is 6.10 Å². The Morgan fingerprint density at radius 3 is 3.07 bits per heavy atom. The Bertz CT molecular complexity index is 524. The van der Waals surface area contributed by atoms with E-state index in [1.165, 1.54) is 22.0 Å². The fourth-order valence-corrected chi connectivity index (χ4v) is 2.02. The summed E-state index contributed by atoms with van der Waals surface area (Å²) in [5.41, 5.74) is 3.73. The maximum absolute atomic E-state index is 5.67. The normalized spacial score (nSPS) is 20.9. The SMILES string of the molecule is CC1=C[C@@H](c2ccc3[nH]ccc3c2)OC1. The predicted octanol–water partition coefficient (Wildman–Crippen LogP) is 3.19. The van der Waals surface area contributed by atoms with Gasteiger partial charge in [-0.1, -0.05) is 12.1 Å². The number of fused-ring (bicyclic) bond motifs is 1. The number of ether oxygens (including phenoxy) is 1. The first-order chi connectivity index (χ1) is 7.33. The monoisotopic (exact) mass is 199 g/mol. The standard InChI is InChI=1S/C13H13NO/c1-9-6-13(15-8-9)11-2-3-12-10(7-11)4-5-14-12/h2-7,13-14H,8H2,1H3/t13-/m0/s1. The van der Waals surface area contributed by atoms with E-state index in [4.69, 9.17) is 4.74 Å². The van der Waals surface area contributed by atoms with Gasteiger partial charge in [-0.25, -0.2) is 0 Å². The van der Waals surface area contributed by atoms with E-state index in [1.54, 1.807) is 0 Å². The minimum atomic E-state index is 0.143. The molecule has 0 amide bonds. The van der Waals surface area contributed by atoms with Gasteiger partial charge in [0.2, 0.25) is 0 Å². The zero-order valence-corrected chi connectivity index (χ0v) is 8.66. The maximum Gasteiger partial charge on any atom is 0.101 e. The molecule has 2 heterocycles. The van der Waals surface area contributed by atoms with Crippen molar-refractivity contribution in [2.75, 3.05) is 6.61 Å². The minimum Gasteiger partial charge on any atom is -0.365 e. The Morgan fingerprint density at radius 2 is 2.27 bits per heavy atom. The lowest BCUT2D eigenvalue weighted by atomic mass is 10.1. The van der Waals surface area contributed by atoms with Gasteiger partial charge in [-0.3, -0.25) is 0 Å². The van der Waals surface area contributed by atoms with Gasteiger partial charge >= 0.3 is 0 Å². The summed E-state index contributed by atoms with van der Waals surface area (Å²) in [6.45, 7) is 2.87. The molecule has 0 spiro atoms. The van der Waals surface area contributed by atoms with Gasteiger partial charge in [-0.05, 0) is 41.6 Å². The third-order valence-electron chi connectivity index (χ3n) is 2.83. The van der Waals surface area contributed by atoms with Crippen molar-refractivity contribution < 1.29 is 4.74 Å². The molecule has 0 aliphatic carbocycles. The molecule has 0 bridgehead atoms. The fourth-order valence-electron chi connectivity index (χ4n) is 2.02. The Labute approximate surface area is 88.6 Å². The quantitative estimate of drug-likeness (QED) is 0.701. The second kappa shape index (κ2) is 3.24. The molecular weight excluding hydrogens is 186 g/mol. The molecule has 3 rings (SSSR count). The van der Waals surface area contributed by atoms with Crippen LogP contribution in [0.1, 0.15) is 18.6 Å². The van der Waals surface area contributed by atoms with Crippen molar-refractivity contribution in [1.82, 2.24) is 4.98 Å². The first-order valence-corrected chi connectivity index (χ1v) is 5.19. The van der Waals surface area contributed by atoms with Crippen LogP contribution in [0.2, 0.25) is 0 Å². The Morgan fingerprint density at radius 1 is 1.33 bits per heavy atom. The Kier molecular flexibility index (Phi) is 1.89. The second-order valence-corrected chi connectivity index (χ2v) is 4.07.